The van der Waals surface area contributed by atoms with E-state index in [4.69, 9.17) is 14.1 Å². The number of nitrogens with zero attached hydrogens (tertiary/aromatic N) is 1. The summed E-state index contributed by atoms with van der Waals surface area (Å²) in [4.78, 5) is 4.70. The average molecular weight is 491 g/mol. The first-order valence-corrected chi connectivity index (χ1v) is 9.05. The molecule has 28 heavy (non-hydrogen) atoms. The molecule has 0 radical (unpaired) electrons. The summed E-state index contributed by atoms with van der Waals surface area (Å²) in [6, 6.07) is 22.1. The first-order valence-electron chi connectivity index (χ1n) is 9.05. The molecule has 0 saturated carbocycles. The number of nitrogens with one attached hydrogen (secondary N) is 2. The minimum Gasteiger partial charge on any atom is -0.497 e. The van der Waals surface area contributed by atoms with Gasteiger partial charge in [-0.05, 0) is 35.4 Å². The lowest BCUT2D eigenvalue weighted by molar-refractivity contribution is 0.414. The first-order chi connectivity index (χ1) is 13.3. The second-order valence-electron chi connectivity index (χ2n) is 6.11. The Balaban J connectivity index is 0.00000280. The Bertz CT molecular complexity index is 819. The highest BCUT2D eigenvalue weighted by molar-refractivity contribution is 14.0. The van der Waals surface area contributed by atoms with Crippen LogP contribution in [0.3, 0.4) is 0 Å². The molecule has 0 fully saturated rings. The van der Waals surface area contributed by atoms with Gasteiger partial charge in [-0.25, -0.2) is 4.99 Å². The molecular formula is C22H26IN3O2. The molecule has 0 aliphatic carbocycles. The zero-order chi connectivity index (χ0) is 18.7. The van der Waals surface area contributed by atoms with Gasteiger partial charge in [-0.1, -0.05) is 42.5 Å². The van der Waals surface area contributed by atoms with Gasteiger partial charge in [0, 0.05) is 19.5 Å². The van der Waals surface area contributed by atoms with E-state index in [0.717, 1.165) is 36.0 Å². The van der Waals surface area contributed by atoms with Crippen LogP contribution in [-0.4, -0.2) is 19.6 Å². The van der Waals surface area contributed by atoms with E-state index in [1.165, 1.54) is 5.56 Å². The number of guanidine groups is 1. The van der Waals surface area contributed by atoms with Crippen molar-refractivity contribution in [2.45, 2.75) is 19.5 Å². The SMILES string of the molecule is COc1ccc(CNC(=NCc2ccccc2)NCCc2ccco2)cc1.I. The Labute approximate surface area is 183 Å². The summed E-state index contributed by atoms with van der Waals surface area (Å²) < 4.78 is 10.6. The Morgan fingerprint density at radius 3 is 2.39 bits per heavy atom. The molecule has 6 heteroatoms. The lowest BCUT2D eigenvalue weighted by atomic mass is 10.2. The maximum Gasteiger partial charge on any atom is 0.191 e. The van der Waals surface area contributed by atoms with Crippen molar-refractivity contribution >= 4 is 29.9 Å². The third-order valence-electron chi connectivity index (χ3n) is 4.13. The normalized spacial score (nSPS) is 10.8. The number of halogens is 1. The molecule has 0 saturated heterocycles. The fraction of sp³-hybridized carbons (Fsp3) is 0.227. The summed E-state index contributed by atoms with van der Waals surface area (Å²) >= 11 is 0. The summed E-state index contributed by atoms with van der Waals surface area (Å²) in [7, 11) is 1.67. The van der Waals surface area contributed by atoms with Crippen LogP contribution in [0.1, 0.15) is 16.9 Å². The Morgan fingerprint density at radius 2 is 1.71 bits per heavy atom. The van der Waals surface area contributed by atoms with E-state index in [0.29, 0.717) is 13.1 Å². The monoisotopic (exact) mass is 491 g/mol. The number of hydrogen-bond acceptors (Lipinski definition) is 3. The van der Waals surface area contributed by atoms with Gasteiger partial charge < -0.3 is 19.8 Å². The lowest BCUT2D eigenvalue weighted by Gasteiger charge is -2.13. The van der Waals surface area contributed by atoms with Gasteiger partial charge in [-0.2, -0.15) is 0 Å². The second kappa shape index (κ2) is 12.1. The van der Waals surface area contributed by atoms with Gasteiger partial charge in [0.25, 0.3) is 0 Å². The van der Waals surface area contributed by atoms with E-state index >= 15 is 0 Å². The molecule has 0 atom stereocenters. The van der Waals surface area contributed by atoms with Crippen LogP contribution < -0.4 is 15.4 Å². The minimum absolute atomic E-state index is 0. The molecular weight excluding hydrogens is 465 g/mol. The maximum atomic E-state index is 5.38. The van der Waals surface area contributed by atoms with Crippen LogP contribution in [0.25, 0.3) is 0 Å². The second-order valence-corrected chi connectivity index (χ2v) is 6.11. The van der Waals surface area contributed by atoms with Crippen LogP contribution >= 0.6 is 24.0 Å². The predicted octanol–water partition coefficient (Wildman–Crippen LogP) is 4.38. The van der Waals surface area contributed by atoms with Gasteiger partial charge in [-0.3, -0.25) is 0 Å². The third kappa shape index (κ3) is 7.26. The molecule has 0 spiro atoms. The number of benzene rings is 2. The minimum atomic E-state index is 0. The van der Waals surface area contributed by atoms with Crippen LogP contribution in [0.2, 0.25) is 0 Å². The van der Waals surface area contributed by atoms with Crippen molar-refractivity contribution in [3.8, 4) is 5.75 Å². The van der Waals surface area contributed by atoms with Crippen LogP contribution in [0.4, 0.5) is 0 Å². The highest BCUT2D eigenvalue weighted by atomic mass is 127. The number of rotatable bonds is 8. The van der Waals surface area contributed by atoms with E-state index in [-0.39, 0.29) is 24.0 Å². The molecule has 0 aliphatic rings. The van der Waals surface area contributed by atoms with Crippen molar-refractivity contribution in [1.29, 1.82) is 0 Å². The summed E-state index contributed by atoms with van der Waals surface area (Å²) in [5.74, 6) is 2.59. The number of aliphatic imine (C=N–C) groups is 1. The molecule has 0 aliphatic heterocycles. The highest BCUT2D eigenvalue weighted by Crippen LogP contribution is 2.11. The fourth-order valence-electron chi connectivity index (χ4n) is 2.62. The van der Waals surface area contributed by atoms with Gasteiger partial charge in [0.05, 0.1) is 19.9 Å². The van der Waals surface area contributed by atoms with E-state index in [2.05, 4.69) is 22.8 Å². The molecule has 0 amide bonds. The van der Waals surface area contributed by atoms with Crippen LogP contribution in [0.15, 0.2) is 82.4 Å². The smallest absolute Gasteiger partial charge is 0.191 e. The summed E-state index contributed by atoms with van der Waals surface area (Å²) in [5.41, 5.74) is 2.34. The van der Waals surface area contributed by atoms with E-state index in [9.17, 15) is 0 Å². The largest absolute Gasteiger partial charge is 0.497 e. The Kier molecular flexibility index (Phi) is 9.41. The van der Waals surface area contributed by atoms with E-state index in [1.807, 2.05) is 54.6 Å². The molecule has 3 aromatic rings. The van der Waals surface area contributed by atoms with Crippen molar-refractivity contribution < 1.29 is 9.15 Å². The van der Waals surface area contributed by atoms with Crippen molar-refractivity contribution in [3.63, 3.8) is 0 Å². The molecule has 3 rings (SSSR count). The molecule has 0 unspecified atom stereocenters. The third-order valence-corrected chi connectivity index (χ3v) is 4.13. The maximum absolute atomic E-state index is 5.38. The van der Waals surface area contributed by atoms with Crippen molar-refractivity contribution in [1.82, 2.24) is 10.6 Å². The predicted molar refractivity (Wildman–Crippen MR) is 123 cm³/mol. The topological polar surface area (TPSA) is 58.8 Å². The van der Waals surface area contributed by atoms with Gasteiger partial charge in [0.2, 0.25) is 0 Å². The van der Waals surface area contributed by atoms with Gasteiger partial charge in [0.15, 0.2) is 5.96 Å². The summed E-state index contributed by atoms with van der Waals surface area (Å²) in [5, 5.41) is 6.77. The van der Waals surface area contributed by atoms with Crippen LogP contribution in [0.5, 0.6) is 5.75 Å². The number of methoxy groups -OCH3 is 1. The standard InChI is InChI=1S/C22H25N3O2.HI/c1-26-20-11-9-19(10-12-20)17-25-22(23-14-13-21-8-5-15-27-21)24-16-18-6-3-2-4-7-18;/h2-12,15H,13-14,16-17H2,1H3,(H2,23,24,25);1H. The van der Waals surface area contributed by atoms with E-state index in [1.54, 1.807) is 13.4 Å². The number of ether oxygens (including phenoxy) is 1. The van der Waals surface area contributed by atoms with Crippen LogP contribution in [0, 0.1) is 0 Å². The average Bonchev–Trinajstić information content (AvgIpc) is 3.24. The van der Waals surface area contributed by atoms with Crippen molar-refractivity contribution in [3.05, 3.63) is 89.9 Å². The zero-order valence-electron chi connectivity index (χ0n) is 15.9. The number of hydrogen-bond donors (Lipinski definition) is 2. The number of furan rings is 1. The molecule has 2 aromatic carbocycles. The lowest BCUT2D eigenvalue weighted by Crippen LogP contribution is -2.38. The fourth-order valence-corrected chi connectivity index (χ4v) is 2.62. The highest BCUT2D eigenvalue weighted by Gasteiger charge is 2.02. The quantitative estimate of drug-likeness (QED) is 0.279. The first kappa shape index (κ1) is 21.8. The zero-order valence-corrected chi connectivity index (χ0v) is 18.3. The van der Waals surface area contributed by atoms with E-state index < -0.39 is 0 Å². The summed E-state index contributed by atoms with van der Waals surface area (Å²) in [6.07, 6.45) is 2.50. The van der Waals surface area contributed by atoms with Gasteiger partial charge >= 0.3 is 0 Å². The molecule has 5 nitrogen and oxygen atoms in total. The van der Waals surface area contributed by atoms with Gasteiger partial charge in [-0.15, -0.1) is 24.0 Å². The summed E-state index contributed by atoms with van der Waals surface area (Å²) in [6.45, 7) is 2.06. The molecule has 148 valence electrons. The molecule has 1 heterocycles. The van der Waals surface area contributed by atoms with Crippen LogP contribution in [-0.2, 0) is 19.5 Å². The Hall–Kier alpha value is -2.48. The van der Waals surface area contributed by atoms with Gasteiger partial charge in [0.1, 0.15) is 11.5 Å². The molecule has 2 N–H and O–H groups in total. The Morgan fingerprint density at radius 1 is 0.929 bits per heavy atom. The molecule has 1 aromatic heterocycles. The van der Waals surface area contributed by atoms with Crippen molar-refractivity contribution in [2.75, 3.05) is 13.7 Å². The molecule has 0 bridgehead atoms. The van der Waals surface area contributed by atoms with Crippen molar-refractivity contribution in [2.24, 2.45) is 4.99 Å².